The largest absolute Gasteiger partial charge is 0.497 e. The zero-order valence-electron chi connectivity index (χ0n) is 15.3. The van der Waals surface area contributed by atoms with E-state index < -0.39 is 23.7 Å². The number of hydrogen-bond acceptors (Lipinski definition) is 4. The van der Waals surface area contributed by atoms with Crippen molar-refractivity contribution in [3.63, 3.8) is 0 Å². The Hall–Kier alpha value is -3.22. The zero-order valence-corrected chi connectivity index (χ0v) is 15.3. The molecule has 0 bridgehead atoms. The Morgan fingerprint density at radius 1 is 1.18 bits per heavy atom. The number of aromatic nitrogens is 2. The number of hydrogen-bond donors (Lipinski definition) is 0. The van der Waals surface area contributed by atoms with Crippen LogP contribution in [0, 0.1) is 11.6 Å². The fourth-order valence-corrected chi connectivity index (χ4v) is 2.80. The van der Waals surface area contributed by atoms with Crippen molar-refractivity contribution < 1.29 is 23.0 Å². The number of halogens is 2. The molecule has 1 heterocycles. The summed E-state index contributed by atoms with van der Waals surface area (Å²) in [7, 11) is 1.58. The van der Waals surface area contributed by atoms with Gasteiger partial charge in [-0.1, -0.05) is 18.2 Å². The molecular weight excluding hydrogens is 366 g/mol. The Kier molecular flexibility index (Phi) is 6.37. The molecule has 0 aliphatic heterocycles. The van der Waals surface area contributed by atoms with E-state index in [-0.39, 0.29) is 13.0 Å². The summed E-state index contributed by atoms with van der Waals surface area (Å²) in [5.41, 5.74) is 1.32. The number of aryl methyl sites for hydroxylation is 1. The monoisotopic (exact) mass is 386 g/mol. The van der Waals surface area contributed by atoms with Crippen LogP contribution in [0.4, 0.5) is 8.78 Å². The molecule has 0 spiro atoms. The molecule has 1 aromatic heterocycles. The lowest BCUT2D eigenvalue weighted by Crippen LogP contribution is -2.17. The van der Waals surface area contributed by atoms with Gasteiger partial charge in [-0.15, -0.1) is 0 Å². The van der Waals surface area contributed by atoms with Crippen LogP contribution in [-0.4, -0.2) is 22.6 Å². The number of esters is 1. The second kappa shape index (κ2) is 9.12. The first-order valence-corrected chi connectivity index (χ1v) is 8.78. The standard InChI is InChI=1S/C21H20F2N2O3/c1-27-17-4-2-3-15(11-17)5-8-21(26)28-20(13-25-10-9-24-14-25)16-6-7-18(22)19(23)12-16/h2-4,6-7,9-12,14,20H,5,8,13H2,1H3. The summed E-state index contributed by atoms with van der Waals surface area (Å²) >= 11 is 0. The van der Waals surface area contributed by atoms with Gasteiger partial charge in [0.05, 0.1) is 20.0 Å². The normalized spacial score (nSPS) is 11.8. The van der Waals surface area contributed by atoms with Gasteiger partial charge in [-0.3, -0.25) is 4.79 Å². The van der Waals surface area contributed by atoms with Crippen molar-refractivity contribution in [2.24, 2.45) is 0 Å². The van der Waals surface area contributed by atoms with Crippen LogP contribution < -0.4 is 4.74 Å². The van der Waals surface area contributed by atoms with Crippen molar-refractivity contribution in [1.82, 2.24) is 9.55 Å². The van der Waals surface area contributed by atoms with E-state index in [1.165, 1.54) is 6.07 Å². The number of carbonyl (C=O) groups excluding carboxylic acids is 1. The number of imidazole rings is 1. The SMILES string of the molecule is COc1cccc(CCC(=O)OC(Cn2ccnc2)c2ccc(F)c(F)c2)c1. The first-order valence-electron chi connectivity index (χ1n) is 8.78. The van der Waals surface area contributed by atoms with Crippen molar-refractivity contribution in [1.29, 1.82) is 0 Å². The van der Waals surface area contributed by atoms with Gasteiger partial charge in [0.25, 0.3) is 0 Å². The molecule has 3 rings (SSSR count). The molecule has 0 saturated carbocycles. The Morgan fingerprint density at radius 2 is 2.04 bits per heavy atom. The van der Waals surface area contributed by atoms with E-state index >= 15 is 0 Å². The summed E-state index contributed by atoms with van der Waals surface area (Å²) in [6.45, 7) is 0.246. The lowest BCUT2D eigenvalue weighted by atomic mass is 10.1. The van der Waals surface area contributed by atoms with Crippen LogP contribution in [-0.2, 0) is 22.5 Å². The highest BCUT2D eigenvalue weighted by molar-refractivity contribution is 5.70. The highest BCUT2D eigenvalue weighted by Crippen LogP contribution is 2.23. The molecule has 1 unspecified atom stereocenters. The van der Waals surface area contributed by atoms with Gasteiger partial charge in [-0.25, -0.2) is 13.8 Å². The Balaban J connectivity index is 1.69. The van der Waals surface area contributed by atoms with Gasteiger partial charge in [0.2, 0.25) is 0 Å². The van der Waals surface area contributed by atoms with Crippen LogP contribution in [0.15, 0.2) is 61.2 Å². The third-order valence-electron chi connectivity index (χ3n) is 4.28. The summed E-state index contributed by atoms with van der Waals surface area (Å²) in [4.78, 5) is 16.3. The second-order valence-electron chi connectivity index (χ2n) is 6.26. The first kappa shape index (κ1) is 19.5. The number of rotatable bonds is 8. The molecule has 0 saturated heterocycles. The molecule has 7 heteroatoms. The molecule has 28 heavy (non-hydrogen) atoms. The molecule has 3 aromatic rings. The Labute approximate surface area is 161 Å². The molecule has 0 aliphatic rings. The fourth-order valence-electron chi connectivity index (χ4n) is 2.80. The van der Waals surface area contributed by atoms with Gasteiger partial charge < -0.3 is 14.0 Å². The van der Waals surface area contributed by atoms with Gasteiger partial charge in [0, 0.05) is 18.8 Å². The molecule has 0 amide bonds. The number of nitrogens with zero attached hydrogens (tertiary/aromatic N) is 2. The average molecular weight is 386 g/mol. The summed E-state index contributed by atoms with van der Waals surface area (Å²) in [5.74, 6) is -1.65. The lowest BCUT2D eigenvalue weighted by molar-refractivity contribution is -0.150. The topological polar surface area (TPSA) is 53.4 Å². The Bertz CT molecular complexity index is 929. The Morgan fingerprint density at radius 3 is 2.75 bits per heavy atom. The van der Waals surface area contributed by atoms with Crippen molar-refractivity contribution in [3.05, 3.63) is 83.9 Å². The molecule has 146 valence electrons. The van der Waals surface area contributed by atoms with Gasteiger partial charge in [-0.05, 0) is 41.8 Å². The molecule has 0 fully saturated rings. The van der Waals surface area contributed by atoms with Crippen molar-refractivity contribution in [3.8, 4) is 5.75 Å². The van der Waals surface area contributed by atoms with Crippen LogP contribution >= 0.6 is 0 Å². The number of methoxy groups -OCH3 is 1. The van der Waals surface area contributed by atoms with E-state index in [4.69, 9.17) is 9.47 Å². The van der Waals surface area contributed by atoms with E-state index in [9.17, 15) is 13.6 Å². The van der Waals surface area contributed by atoms with Gasteiger partial charge in [0.1, 0.15) is 11.9 Å². The maximum atomic E-state index is 13.7. The minimum absolute atomic E-state index is 0.150. The zero-order chi connectivity index (χ0) is 19.9. The molecule has 0 N–H and O–H groups in total. The summed E-state index contributed by atoms with van der Waals surface area (Å²) in [6.07, 6.45) is 4.73. The van der Waals surface area contributed by atoms with Crippen molar-refractivity contribution in [2.75, 3.05) is 7.11 Å². The minimum Gasteiger partial charge on any atom is -0.497 e. The third kappa shape index (κ3) is 5.16. The average Bonchev–Trinajstić information content (AvgIpc) is 3.21. The van der Waals surface area contributed by atoms with Crippen LogP contribution in [0.2, 0.25) is 0 Å². The predicted octanol–water partition coefficient (Wildman–Crippen LogP) is 4.09. The summed E-state index contributed by atoms with van der Waals surface area (Å²) in [5, 5.41) is 0. The van der Waals surface area contributed by atoms with E-state index in [0.717, 1.165) is 17.7 Å². The number of ether oxygens (including phenoxy) is 2. The molecule has 1 atom stereocenters. The van der Waals surface area contributed by atoms with E-state index in [0.29, 0.717) is 17.7 Å². The van der Waals surface area contributed by atoms with Gasteiger partial charge in [0.15, 0.2) is 11.6 Å². The number of carbonyl (C=O) groups is 1. The van der Waals surface area contributed by atoms with E-state index in [2.05, 4.69) is 4.98 Å². The third-order valence-corrected chi connectivity index (χ3v) is 4.28. The lowest BCUT2D eigenvalue weighted by Gasteiger charge is -2.19. The molecule has 0 aliphatic carbocycles. The minimum atomic E-state index is -0.986. The van der Waals surface area contributed by atoms with E-state index in [1.54, 1.807) is 30.4 Å². The second-order valence-corrected chi connectivity index (χ2v) is 6.26. The quantitative estimate of drug-likeness (QED) is 0.547. The molecular formula is C21H20F2N2O3. The van der Waals surface area contributed by atoms with E-state index in [1.807, 2.05) is 24.3 Å². The van der Waals surface area contributed by atoms with Crippen LogP contribution in [0.25, 0.3) is 0 Å². The van der Waals surface area contributed by atoms with Gasteiger partial charge in [-0.2, -0.15) is 0 Å². The molecule has 2 aromatic carbocycles. The molecule has 5 nitrogen and oxygen atoms in total. The van der Waals surface area contributed by atoms with Crippen molar-refractivity contribution >= 4 is 5.97 Å². The predicted molar refractivity (Wildman–Crippen MR) is 98.7 cm³/mol. The van der Waals surface area contributed by atoms with Gasteiger partial charge >= 0.3 is 5.97 Å². The highest BCUT2D eigenvalue weighted by Gasteiger charge is 2.19. The first-order chi connectivity index (χ1) is 13.5. The maximum absolute atomic E-state index is 13.7. The highest BCUT2D eigenvalue weighted by atomic mass is 19.2. The smallest absolute Gasteiger partial charge is 0.306 e. The summed E-state index contributed by atoms with van der Waals surface area (Å²) in [6, 6.07) is 10.9. The number of benzene rings is 2. The molecule has 0 radical (unpaired) electrons. The maximum Gasteiger partial charge on any atom is 0.306 e. The fraction of sp³-hybridized carbons (Fsp3) is 0.238. The van der Waals surface area contributed by atoms with Crippen LogP contribution in [0.5, 0.6) is 5.75 Å². The summed E-state index contributed by atoms with van der Waals surface area (Å²) < 4.78 is 39.4. The van der Waals surface area contributed by atoms with Crippen LogP contribution in [0.1, 0.15) is 23.7 Å². The van der Waals surface area contributed by atoms with Crippen molar-refractivity contribution in [2.45, 2.75) is 25.5 Å². The van der Waals surface area contributed by atoms with Crippen LogP contribution in [0.3, 0.4) is 0 Å².